The van der Waals surface area contributed by atoms with Crippen LogP contribution in [0.3, 0.4) is 0 Å². The number of ether oxygens (including phenoxy) is 3. The van der Waals surface area contributed by atoms with Crippen molar-refractivity contribution in [3.05, 3.63) is 23.3 Å². The SMILES string of the molecule is COC(=O)C(C)c1cc(C)cc(OC)c1OC. The summed E-state index contributed by atoms with van der Waals surface area (Å²) >= 11 is 0. The molecule has 0 aliphatic rings. The molecule has 0 saturated heterocycles. The molecule has 17 heavy (non-hydrogen) atoms. The van der Waals surface area contributed by atoms with E-state index in [1.165, 1.54) is 7.11 Å². The zero-order chi connectivity index (χ0) is 13.0. The Morgan fingerprint density at radius 3 is 2.29 bits per heavy atom. The predicted molar refractivity (Wildman–Crippen MR) is 64.7 cm³/mol. The molecule has 0 spiro atoms. The van der Waals surface area contributed by atoms with Gasteiger partial charge in [-0.2, -0.15) is 0 Å². The van der Waals surface area contributed by atoms with Gasteiger partial charge >= 0.3 is 5.97 Å². The molecule has 0 heterocycles. The van der Waals surface area contributed by atoms with Crippen LogP contribution in [0.5, 0.6) is 11.5 Å². The number of benzene rings is 1. The van der Waals surface area contributed by atoms with Crippen LogP contribution in [-0.2, 0) is 9.53 Å². The molecule has 4 nitrogen and oxygen atoms in total. The summed E-state index contributed by atoms with van der Waals surface area (Å²) in [4.78, 5) is 11.6. The lowest BCUT2D eigenvalue weighted by Crippen LogP contribution is -2.12. The van der Waals surface area contributed by atoms with Crippen LogP contribution in [-0.4, -0.2) is 27.3 Å². The van der Waals surface area contributed by atoms with Gasteiger partial charge in [0, 0.05) is 5.56 Å². The summed E-state index contributed by atoms with van der Waals surface area (Å²) in [7, 11) is 4.50. The molecule has 94 valence electrons. The Morgan fingerprint density at radius 1 is 1.18 bits per heavy atom. The third-order valence-electron chi connectivity index (χ3n) is 2.67. The first-order chi connectivity index (χ1) is 8.04. The zero-order valence-corrected chi connectivity index (χ0v) is 10.9. The molecule has 0 aliphatic carbocycles. The minimum absolute atomic E-state index is 0.295. The smallest absolute Gasteiger partial charge is 0.312 e. The number of esters is 1. The van der Waals surface area contributed by atoms with Crippen molar-refractivity contribution < 1.29 is 19.0 Å². The van der Waals surface area contributed by atoms with Gasteiger partial charge in [0.25, 0.3) is 0 Å². The molecule has 0 N–H and O–H groups in total. The van der Waals surface area contributed by atoms with Crippen LogP contribution in [0.25, 0.3) is 0 Å². The maximum atomic E-state index is 11.6. The largest absolute Gasteiger partial charge is 0.493 e. The number of carbonyl (C=O) groups is 1. The highest BCUT2D eigenvalue weighted by Crippen LogP contribution is 2.37. The van der Waals surface area contributed by atoms with E-state index in [1.807, 2.05) is 19.1 Å². The molecule has 1 rings (SSSR count). The van der Waals surface area contributed by atoms with Crippen molar-refractivity contribution in [3.8, 4) is 11.5 Å². The molecule has 0 bridgehead atoms. The summed E-state index contributed by atoms with van der Waals surface area (Å²) < 4.78 is 15.3. The lowest BCUT2D eigenvalue weighted by Gasteiger charge is -2.17. The van der Waals surface area contributed by atoms with Gasteiger partial charge in [-0.3, -0.25) is 4.79 Å². The van der Waals surface area contributed by atoms with Gasteiger partial charge in [0.1, 0.15) is 0 Å². The quantitative estimate of drug-likeness (QED) is 0.755. The number of aryl methyl sites for hydroxylation is 1. The van der Waals surface area contributed by atoms with E-state index < -0.39 is 0 Å². The summed E-state index contributed by atoms with van der Waals surface area (Å²) in [6.45, 7) is 3.72. The molecule has 0 aliphatic heterocycles. The third kappa shape index (κ3) is 2.70. The van der Waals surface area contributed by atoms with E-state index in [9.17, 15) is 4.79 Å². The number of rotatable bonds is 4. The van der Waals surface area contributed by atoms with Crippen molar-refractivity contribution in [3.63, 3.8) is 0 Å². The second-order valence-corrected chi connectivity index (χ2v) is 3.83. The summed E-state index contributed by atoms with van der Waals surface area (Å²) in [5.41, 5.74) is 1.78. The minimum Gasteiger partial charge on any atom is -0.493 e. The monoisotopic (exact) mass is 238 g/mol. The normalized spacial score (nSPS) is 11.8. The van der Waals surface area contributed by atoms with Gasteiger partial charge in [0.2, 0.25) is 0 Å². The highest BCUT2D eigenvalue weighted by atomic mass is 16.5. The fourth-order valence-corrected chi connectivity index (χ4v) is 1.76. The molecule has 1 atom stereocenters. The van der Waals surface area contributed by atoms with Crippen molar-refractivity contribution in [1.29, 1.82) is 0 Å². The molecule has 0 aromatic heterocycles. The van der Waals surface area contributed by atoms with Crippen molar-refractivity contribution >= 4 is 5.97 Å². The van der Waals surface area contributed by atoms with E-state index in [-0.39, 0.29) is 11.9 Å². The summed E-state index contributed by atoms with van der Waals surface area (Å²) in [5.74, 6) is 0.522. The standard InChI is InChI=1S/C13H18O4/c1-8-6-10(9(2)13(14)17-5)12(16-4)11(7-8)15-3/h6-7,9H,1-5H3. The Balaban J connectivity index is 3.30. The Morgan fingerprint density at radius 2 is 1.82 bits per heavy atom. The van der Waals surface area contributed by atoms with Crippen molar-refractivity contribution in [2.45, 2.75) is 19.8 Å². The molecular weight excluding hydrogens is 220 g/mol. The average Bonchev–Trinajstić information content (AvgIpc) is 2.35. The van der Waals surface area contributed by atoms with Gasteiger partial charge in [0.05, 0.1) is 27.2 Å². The van der Waals surface area contributed by atoms with E-state index in [4.69, 9.17) is 14.2 Å². The van der Waals surface area contributed by atoms with Crippen LogP contribution in [0.2, 0.25) is 0 Å². The van der Waals surface area contributed by atoms with Crippen LogP contribution >= 0.6 is 0 Å². The van der Waals surface area contributed by atoms with E-state index in [0.29, 0.717) is 11.5 Å². The van der Waals surface area contributed by atoms with Crippen molar-refractivity contribution in [2.75, 3.05) is 21.3 Å². The van der Waals surface area contributed by atoms with Gasteiger partial charge in [-0.15, -0.1) is 0 Å². The molecule has 1 aromatic carbocycles. The van der Waals surface area contributed by atoms with Crippen LogP contribution < -0.4 is 9.47 Å². The number of carbonyl (C=O) groups excluding carboxylic acids is 1. The van der Waals surface area contributed by atoms with Gasteiger partial charge in [-0.05, 0) is 25.5 Å². The lowest BCUT2D eigenvalue weighted by atomic mass is 9.97. The number of methoxy groups -OCH3 is 3. The molecule has 1 aromatic rings. The topological polar surface area (TPSA) is 44.8 Å². The lowest BCUT2D eigenvalue weighted by molar-refractivity contribution is -0.142. The van der Waals surface area contributed by atoms with E-state index in [0.717, 1.165) is 11.1 Å². The summed E-state index contributed by atoms with van der Waals surface area (Å²) in [6.07, 6.45) is 0. The van der Waals surface area contributed by atoms with E-state index >= 15 is 0 Å². The van der Waals surface area contributed by atoms with Crippen LogP contribution in [0.4, 0.5) is 0 Å². The number of hydrogen-bond donors (Lipinski definition) is 0. The van der Waals surface area contributed by atoms with Crippen LogP contribution in [0, 0.1) is 6.92 Å². The Bertz CT molecular complexity index is 412. The first-order valence-corrected chi connectivity index (χ1v) is 5.35. The van der Waals surface area contributed by atoms with E-state index in [2.05, 4.69) is 0 Å². The first-order valence-electron chi connectivity index (χ1n) is 5.35. The zero-order valence-electron chi connectivity index (χ0n) is 10.9. The van der Waals surface area contributed by atoms with E-state index in [1.54, 1.807) is 21.1 Å². The highest BCUT2D eigenvalue weighted by molar-refractivity contribution is 5.79. The van der Waals surface area contributed by atoms with Gasteiger partial charge in [-0.25, -0.2) is 0 Å². The molecule has 4 heteroatoms. The van der Waals surface area contributed by atoms with Crippen LogP contribution in [0.1, 0.15) is 24.0 Å². The average molecular weight is 238 g/mol. The fourth-order valence-electron chi connectivity index (χ4n) is 1.76. The first kappa shape index (κ1) is 13.4. The summed E-state index contributed by atoms with van der Waals surface area (Å²) in [5, 5.41) is 0. The molecule has 1 unspecified atom stereocenters. The molecule has 0 saturated carbocycles. The van der Waals surface area contributed by atoms with Crippen molar-refractivity contribution in [2.24, 2.45) is 0 Å². The van der Waals surface area contributed by atoms with Gasteiger partial charge < -0.3 is 14.2 Å². The van der Waals surface area contributed by atoms with Gasteiger partial charge in [0.15, 0.2) is 11.5 Å². The fraction of sp³-hybridized carbons (Fsp3) is 0.462. The third-order valence-corrected chi connectivity index (χ3v) is 2.67. The highest BCUT2D eigenvalue weighted by Gasteiger charge is 2.22. The molecule has 0 radical (unpaired) electrons. The second-order valence-electron chi connectivity index (χ2n) is 3.83. The molecule has 0 fully saturated rings. The maximum Gasteiger partial charge on any atom is 0.312 e. The Hall–Kier alpha value is -1.71. The van der Waals surface area contributed by atoms with Crippen LogP contribution in [0.15, 0.2) is 12.1 Å². The predicted octanol–water partition coefficient (Wildman–Crippen LogP) is 2.29. The van der Waals surface area contributed by atoms with Crippen molar-refractivity contribution in [1.82, 2.24) is 0 Å². The molecular formula is C13H18O4. The second kappa shape index (κ2) is 5.57. The van der Waals surface area contributed by atoms with Gasteiger partial charge in [-0.1, -0.05) is 6.07 Å². The Kier molecular flexibility index (Phi) is 4.37. The minimum atomic E-state index is -0.385. The summed E-state index contributed by atoms with van der Waals surface area (Å²) in [6, 6.07) is 3.77. The maximum absolute atomic E-state index is 11.6. The molecule has 0 amide bonds. The number of hydrogen-bond acceptors (Lipinski definition) is 4. The Labute approximate surface area is 101 Å².